The highest BCUT2D eigenvalue weighted by Crippen LogP contribution is 2.02. The fraction of sp³-hybridized carbons (Fsp3) is 0.529. The molecule has 0 saturated heterocycles. The largest absolute Gasteiger partial charge is 0.461 e. The number of esters is 4. The van der Waals surface area contributed by atoms with Gasteiger partial charge in [-0.1, -0.05) is 13.2 Å². The minimum Gasteiger partial charge on any atom is -0.461 e. The Kier molecular flexibility index (Phi) is 9.85. The predicted molar refractivity (Wildman–Crippen MR) is 87.3 cm³/mol. The zero-order valence-electron chi connectivity index (χ0n) is 15.0. The van der Waals surface area contributed by atoms with E-state index in [1.807, 2.05) is 0 Å². The Morgan fingerprint density at radius 1 is 0.760 bits per heavy atom. The van der Waals surface area contributed by atoms with Gasteiger partial charge in [0.25, 0.3) is 0 Å². The molecule has 0 aliphatic heterocycles. The normalized spacial score (nSPS) is 12.3. The third kappa shape index (κ3) is 10.7. The Balaban J connectivity index is 4.04. The molecular weight excluding hydrogens is 332 g/mol. The summed E-state index contributed by atoms with van der Waals surface area (Å²) in [6, 6.07) is 0. The van der Waals surface area contributed by atoms with Crippen LogP contribution in [0.5, 0.6) is 0 Å². The van der Waals surface area contributed by atoms with Crippen LogP contribution in [0, 0.1) is 0 Å². The first kappa shape index (κ1) is 22.4. The average molecular weight is 356 g/mol. The smallest absolute Gasteiger partial charge is 0.333 e. The minimum atomic E-state index is -0.824. The molecule has 25 heavy (non-hydrogen) atoms. The second-order valence-electron chi connectivity index (χ2n) is 5.54. The van der Waals surface area contributed by atoms with E-state index in [0.29, 0.717) is 0 Å². The van der Waals surface area contributed by atoms with Crippen LogP contribution in [0.4, 0.5) is 0 Å². The van der Waals surface area contributed by atoms with Crippen LogP contribution in [-0.4, -0.2) is 49.3 Å². The molecule has 0 saturated carbocycles. The number of ether oxygens (including phenoxy) is 4. The van der Waals surface area contributed by atoms with Crippen LogP contribution in [0.2, 0.25) is 0 Å². The monoisotopic (exact) mass is 356 g/mol. The van der Waals surface area contributed by atoms with Gasteiger partial charge in [0.15, 0.2) is 0 Å². The van der Waals surface area contributed by atoms with E-state index in [1.54, 1.807) is 0 Å². The second-order valence-corrected chi connectivity index (χ2v) is 5.54. The van der Waals surface area contributed by atoms with Crippen LogP contribution in [-0.2, 0) is 38.1 Å². The maximum Gasteiger partial charge on any atom is 0.333 e. The van der Waals surface area contributed by atoms with Crippen molar-refractivity contribution >= 4 is 23.9 Å². The number of rotatable bonds is 10. The Morgan fingerprint density at radius 2 is 1.08 bits per heavy atom. The van der Waals surface area contributed by atoms with Gasteiger partial charge in [-0.15, -0.1) is 0 Å². The molecular formula is C17H24O8. The molecule has 0 bridgehead atoms. The molecule has 0 aliphatic carbocycles. The summed E-state index contributed by atoms with van der Waals surface area (Å²) in [5.41, 5.74) is 0.450. The highest BCUT2D eigenvalue weighted by Gasteiger charge is 2.17. The third-order valence-electron chi connectivity index (χ3n) is 2.56. The lowest BCUT2D eigenvalue weighted by Gasteiger charge is -2.14. The van der Waals surface area contributed by atoms with E-state index < -0.39 is 42.5 Å². The summed E-state index contributed by atoms with van der Waals surface area (Å²) in [4.78, 5) is 45.6. The number of carbonyl (C=O) groups excluding carboxylic acids is 4. The molecule has 0 spiro atoms. The topological polar surface area (TPSA) is 105 Å². The molecule has 0 N–H and O–H groups in total. The average Bonchev–Trinajstić information content (AvgIpc) is 2.50. The quantitative estimate of drug-likeness (QED) is 0.251. The summed E-state index contributed by atoms with van der Waals surface area (Å²) in [6.07, 6.45) is -1.96. The van der Waals surface area contributed by atoms with E-state index in [9.17, 15) is 19.2 Å². The molecule has 8 heteroatoms. The maximum atomic E-state index is 11.5. The summed E-state index contributed by atoms with van der Waals surface area (Å²) in [5.74, 6) is -2.84. The van der Waals surface area contributed by atoms with E-state index in [2.05, 4.69) is 13.2 Å². The fourth-order valence-electron chi connectivity index (χ4n) is 1.28. The summed E-state index contributed by atoms with van der Waals surface area (Å²) in [7, 11) is 0. The van der Waals surface area contributed by atoms with Crippen molar-refractivity contribution in [2.24, 2.45) is 0 Å². The van der Waals surface area contributed by atoms with Gasteiger partial charge in [-0.3, -0.25) is 9.59 Å². The lowest BCUT2D eigenvalue weighted by molar-refractivity contribution is -0.163. The molecule has 2 atom stereocenters. The first-order valence-electron chi connectivity index (χ1n) is 7.57. The van der Waals surface area contributed by atoms with Gasteiger partial charge in [-0.05, 0) is 27.7 Å². The molecule has 0 aromatic heterocycles. The molecule has 0 aliphatic rings. The number of carbonyl (C=O) groups is 4. The number of hydrogen-bond acceptors (Lipinski definition) is 8. The molecule has 0 aromatic rings. The standard InChI is InChI=1S/C17H24O8/c1-10(2)16(20)24-12(5)8-22-14(18)7-15(19)23-9-13(6)25-17(21)11(3)4/h12-13H,1,3,7-9H2,2,4-6H3. The van der Waals surface area contributed by atoms with Crippen LogP contribution >= 0.6 is 0 Å². The molecule has 0 radical (unpaired) electrons. The lowest BCUT2D eigenvalue weighted by atomic mass is 10.3. The molecule has 0 rings (SSSR count). The van der Waals surface area contributed by atoms with Gasteiger partial charge >= 0.3 is 23.9 Å². The summed E-state index contributed by atoms with van der Waals surface area (Å²) >= 11 is 0. The van der Waals surface area contributed by atoms with Crippen molar-refractivity contribution in [1.29, 1.82) is 0 Å². The van der Waals surface area contributed by atoms with Crippen LogP contribution in [0.15, 0.2) is 24.3 Å². The summed E-state index contributed by atoms with van der Waals surface area (Å²) in [6.45, 7) is 12.5. The van der Waals surface area contributed by atoms with Gasteiger partial charge in [0, 0.05) is 11.1 Å². The van der Waals surface area contributed by atoms with E-state index in [4.69, 9.17) is 18.9 Å². The van der Waals surface area contributed by atoms with Crippen molar-refractivity contribution in [3.8, 4) is 0 Å². The maximum absolute atomic E-state index is 11.5. The van der Waals surface area contributed by atoms with Gasteiger partial charge in [-0.2, -0.15) is 0 Å². The highest BCUT2D eigenvalue weighted by molar-refractivity contribution is 5.91. The van der Waals surface area contributed by atoms with Crippen molar-refractivity contribution in [1.82, 2.24) is 0 Å². The molecule has 0 aromatic carbocycles. The molecule has 0 amide bonds. The summed E-state index contributed by atoms with van der Waals surface area (Å²) < 4.78 is 19.5. The van der Waals surface area contributed by atoms with Crippen LogP contribution in [0.25, 0.3) is 0 Å². The van der Waals surface area contributed by atoms with Gasteiger partial charge < -0.3 is 18.9 Å². The molecule has 0 fully saturated rings. The van der Waals surface area contributed by atoms with Crippen LogP contribution in [0.3, 0.4) is 0 Å². The van der Waals surface area contributed by atoms with Gasteiger partial charge in [0.1, 0.15) is 31.8 Å². The Labute approximate surface area is 146 Å². The zero-order chi connectivity index (χ0) is 19.6. The first-order chi connectivity index (χ1) is 11.5. The van der Waals surface area contributed by atoms with E-state index >= 15 is 0 Å². The lowest BCUT2D eigenvalue weighted by Crippen LogP contribution is -2.25. The highest BCUT2D eigenvalue weighted by atomic mass is 16.6. The van der Waals surface area contributed by atoms with E-state index in [0.717, 1.165) is 0 Å². The van der Waals surface area contributed by atoms with Crippen molar-refractivity contribution in [3.63, 3.8) is 0 Å². The van der Waals surface area contributed by atoms with Crippen molar-refractivity contribution in [2.75, 3.05) is 13.2 Å². The SMILES string of the molecule is C=C(C)C(=O)OC(C)COC(=O)CC(=O)OCC(C)OC(=O)C(=C)C. The van der Waals surface area contributed by atoms with Crippen molar-refractivity contribution in [2.45, 2.75) is 46.3 Å². The third-order valence-corrected chi connectivity index (χ3v) is 2.56. The van der Waals surface area contributed by atoms with Crippen LogP contribution in [0.1, 0.15) is 34.1 Å². The second kappa shape index (κ2) is 11.0. The zero-order valence-corrected chi connectivity index (χ0v) is 15.0. The van der Waals surface area contributed by atoms with Crippen molar-refractivity contribution < 1.29 is 38.1 Å². The van der Waals surface area contributed by atoms with E-state index in [1.165, 1.54) is 27.7 Å². The number of hydrogen-bond donors (Lipinski definition) is 0. The molecule has 0 heterocycles. The van der Waals surface area contributed by atoms with Crippen molar-refractivity contribution in [3.05, 3.63) is 24.3 Å². The summed E-state index contributed by atoms with van der Waals surface area (Å²) in [5, 5.41) is 0. The predicted octanol–water partition coefficient (Wildman–Crippen LogP) is 1.48. The molecule has 2 unspecified atom stereocenters. The molecule has 140 valence electrons. The Morgan fingerprint density at radius 3 is 1.36 bits per heavy atom. The minimum absolute atomic E-state index is 0.197. The van der Waals surface area contributed by atoms with Gasteiger partial charge in [0.05, 0.1) is 0 Å². The van der Waals surface area contributed by atoms with E-state index in [-0.39, 0.29) is 24.4 Å². The fourth-order valence-corrected chi connectivity index (χ4v) is 1.28. The first-order valence-corrected chi connectivity index (χ1v) is 7.57. The molecule has 8 nitrogen and oxygen atoms in total. The van der Waals surface area contributed by atoms with Gasteiger partial charge in [0.2, 0.25) is 0 Å². The Hall–Kier alpha value is -2.64. The Bertz CT molecular complexity index is 501. The van der Waals surface area contributed by atoms with Crippen LogP contribution < -0.4 is 0 Å². The van der Waals surface area contributed by atoms with Gasteiger partial charge in [-0.25, -0.2) is 9.59 Å².